The number of carbonyl (C=O) groups excluding carboxylic acids is 1. The first kappa shape index (κ1) is 18.2. The summed E-state index contributed by atoms with van der Waals surface area (Å²) in [5.74, 6) is 0.00595. The van der Waals surface area contributed by atoms with Gasteiger partial charge in [0, 0.05) is 18.3 Å². The molecule has 124 valence electrons. The van der Waals surface area contributed by atoms with E-state index in [1.807, 2.05) is 13.8 Å². The molecule has 0 radical (unpaired) electrons. The molecule has 2 amide bonds. The number of carbonyl (C=O) groups is 1. The van der Waals surface area contributed by atoms with E-state index < -0.39 is 18.2 Å². The summed E-state index contributed by atoms with van der Waals surface area (Å²) in [6.45, 7) is 2.47. The van der Waals surface area contributed by atoms with Gasteiger partial charge in [0.15, 0.2) is 0 Å². The lowest BCUT2D eigenvalue weighted by Gasteiger charge is -2.25. The summed E-state index contributed by atoms with van der Waals surface area (Å²) in [4.78, 5) is 11.8. The number of amides is 2. The Labute approximate surface area is 128 Å². The zero-order valence-electron chi connectivity index (χ0n) is 13.0. The van der Waals surface area contributed by atoms with E-state index in [0.29, 0.717) is 24.1 Å². The van der Waals surface area contributed by atoms with Crippen LogP contribution in [0.5, 0.6) is 5.75 Å². The average molecular weight is 316 g/mol. The first-order valence-corrected chi connectivity index (χ1v) is 7.12. The van der Waals surface area contributed by atoms with Crippen molar-refractivity contribution in [3.05, 3.63) is 23.8 Å². The molecular weight excluding hydrogens is 294 g/mol. The van der Waals surface area contributed by atoms with Crippen molar-refractivity contribution in [2.75, 3.05) is 11.9 Å². The number of ether oxygens (including phenoxy) is 1. The molecule has 7 heteroatoms. The quantitative estimate of drug-likeness (QED) is 0.723. The van der Waals surface area contributed by atoms with Crippen LogP contribution in [-0.2, 0) is 0 Å². The van der Waals surface area contributed by atoms with E-state index in [4.69, 9.17) is 0 Å². The highest BCUT2D eigenvalue weighted by Gasteiger charge is 2.22. The average Bonchev–Trinajstić information content (AvgIpc) is 2.48. The molecule has 0 spiro atoms. The summed E-state index contributed by atoms with van der Waals surface area (Å²) in [5.41, 5.74) is -0.0814. The minimum atomic E-state index is -2.92. The third kappa shape index (κ3) is 5.48. The molecule has 0 atom stereocenters. The van der Waals surface area contributed by atoms with Crippen LogP contribution in [0.4, 0.5) is 19.3 Å². The zero-order chi connectivity index (χ0) is 16.8. The van der Waals surface area contributed by atoms with Crippen molar-refractivity contribution < 1.29 is 23.4 Å². The molecule has 3 N–H and O–H groups in total. The maximum absolute atomic E-state index is 12.3. The minimum Gasteiger partial charge on any atom is -0.434 e. The van der Waals surface area contributed by atoms with Gasteiger partial charge in [-0.1, -0.05) is 19.9 Å². The molecule has 0 aliphatic rings. The number of nitrogens with one attached hydrogen (secondary N) is 2. The van der Waals surface area contributed by atoms with Crippen molar-refractivity contribution in [2.45, 2.75) is 45.8 Å². The third-order valence-electron chi connectivity index (χ3n) is 3.56. The Morgan fingerprint density at radius 2 is 2.00 bits per heavy atom. The molecule has 0 aliphatic carbocycles. The lowest BCUT2D eigenvalue weighted by molar-refractivity contribution is -0.0502. The Balaban J connectivity index is 2.65. The Hall–Kier alpha value is -1.89. The van der Waals surface area contributed by atoms with E-state index in [-0.39, 0.29) is 12.3 Å². The fourth-order valence-electron chi connectivity index (χ4n) is 1.82. The van der Waals surface area contributed by atoms with Crippen LogP contribution in [0, 0.1) is 6.92 Å². The van der Waals surface area contributed by atoms with Gasteiger partial charge < -0.3 is 20.5 Å². The first-order valence-electron chi connectivity index (χ1n) is 7.12. The topological polar surface area (TPSA) is 70.6 Å². The number of hydrogen-bond donors (Lipinski definition) is 3. The Morgan fingerprint density at radius 3 is 2.55 bits per heavy atom. The van der Waals surface area contributed by atoms with Crippen LogP contribution in [0.25, 0.3) is 0 Å². The molecule has 0 aliphatic heterocycles. The molecule has 0 aromatic heterocycles. The predicted molar refractivity (Wildman–Crippen MR) is 80.4 cm³/mol. The number of anilines is 1. The highest BCUT2D eigenvalue weighted by atomic mass is 19.3. The van der Waals surface area contributed by atoms with E-state index in [1.54, 1.807) is 19.1 Å². The Bertz CT molecular complexity index is 506. The molecule has 1 aromatic carbocycles. The van der Waals surface area contributed by atoms with E-state index in [0.717, 1.165) is 0 Å². The van der Waals surface area contributed by atoms with Gasteiger partial charge in [-0.3, -0.25) is 0 Å². The second-order valence-electron chi connectivity index (χ2n) is 5.10. The van der Waals surface area contributed by atoms with E-state index in [2.05, 4.69) is 15.4 Å². The van der Waals surface area contributed by atoms with Crippen molar-refractivity contribution in [3.63, 3.8) is 0 Å². The molecule has 0 saturated carbocycles. The van der Waals surface area contributed by atoms with Crippen molar-refractivity contribution in [1.29, 1.82) is 0 Å². The molecule has 22 heavy (non-hydrogen) atoms. The van der Waals surface area contributed by atoms with Crippen molar-refractivity contribution >= 4 is 11.7 Å². The number of halogens is 2. The summed E-state index contributed by atoms with van der Waals surface area (Å²) in [6.07, 6.45) is 1.03. The van der Waals surface area contributed by atoms with Crippen molar-refractivity contribution in [2.24, 2.45) is 0 Å². The van der Waals surface area contributed by atoms with E-state index in [9.17, 15) is 18.7 Å². The maximum atomic E-state index is 12.3. The first-order chi connectivity index (χ1) is 10.3. The summed E-state index contributed by atoms with van der Waals surface area (Å²) in [6, 6.07) is 3.96. The summed E-state index contributed by atoms with van der Waals surface area (Å²) < 4.78 is 28.9. The van der Waals surface area contributed by atoms with Crippen LogP contribution in [0.2, 0.25) is 0 Å². The number of rotatable bonds is 7. The van der Waals surface area contributed by atoms with Crippen LogP contribution in [0.15, 0.2) is 18.2 Å². The van der Waals surface area contributed by atoms with Gasteiger partial charge in [-0.25, -0.2) is 4.79 Å². The van der Waals surface area contributed by atoms with Gasteiger partial charge in [0.2, 0.25) is 0 Å². The van der Waals surface area contributed by atoms with Gasteiger partial charge in [0.25, 0.3) is 0 Å². The fraction of sp³-hybridized carbons (Fsp3) is 0.533. The molecule has 0 heterocycles. The Morgan fingerprint density at radius 1 is 1.36 bits per heavy atom. The van der Waals surface area contributed by atoms with Gasteiger partial charge in [-0.2, -0.15) is 8.78 Å². The van der Waals surface area contributed by atoms with E-state index >= 15 is 0 Å². The maximum Gasteiger partial charge on any atom is 0.387 e. The molecule has 5 nitrogen and oxygen atoms in total. The number of aryl methyl sites for hydroxylation is 1. The van der Waals surface area contributed by atoms with E-state index in [1.165, 1.54) is 6.07 Å². The van der Waals surface area contributed by atoms with Crippen LogP contribution in [0.1, 0.15) is 32.3 Å². The highest BCUT2D eigenvalue weighted by Crippen LogP contribution is 2.24. The predicted octanol–water partition coefficient (Wildman–Crippen LogP) is 3.27. The third-order valence-corrected chi connectivity index (χ3v) is 3.56. The number of alkyl halides is 2. The largest absolute Gasteiger partial charge is 0.434 e. The SMILES string of the molecule is CCC(O)(CC)CNC(=O)Nc1ccc(C)c(OC(F)F)c1. The molecule has 0 unspecified atom stereocenters. The van der Waals surface area contributed by atoms with Gasteiger partial charge in [0.05, 0.1) is 5.60 Å². The van der Waals surface area contributed by atoms with Crippen LogP contribution in [0.3, 0.4) is 0 Å². The number of hydrogen-bond acceptors (Lipinski definition) is 3. The Kier molecular flexibility index (Phi) is 6.55. The number of aliphatic hydroxyl groups is 1. The normalized spacial score (nSPS) is 11.4. The van der Waals surface area contributed by atoms with Crippen LogP contribution >= 0.6 is 0 Å². The lowest BCUT2D eigenvalue weighted by atomic mass is 9.98. The van der Waals surface area contributed by atoms with Crippen LogP contribution in [-0.4, -0.2) is 29.9 Å². The van der Waals surface area contributed by atoms with Gasteiger partial charge >= 0.3 is 12.6 Å². The van der Waals surface area contributed by atoms with Crippen molar-refractivity contribution in [3.8, 4) is 5.75 Å². The highest BCUT2D eigenvalue weighted by molar-refractivity contribution is 5.89. The van der Waals surface area contributed by atoms with Crippen molar-refractivity contribution in [1.82, 2.24) is 5.32 Å². The van der Waals surface area contributed by atoms with Gasteiger partial charge in [-0.15, -0.1) is 0 Å². The fourth-order valence-corrected chi connectivity index (χ4v) is 1.82. The monoisotopic (exact) mass is 316 g/mol. The molecule has 0 bridgehead atoms. The standard InChI is InChI=1S/C15H22F2N2O3/c1-4-15(21,5-2)9-18-14(20)19-11-7-6-10(3)12(8-11)22-13(16)17/h6-8,13,21H,4-5,9H2,1-3H3,(H2,18,19,20). The molecule has 0 saturated heterocycles. The molecule has 1 aromatic rings. The summed E-state index contributed by atoms with van der Waals surface area (Å²) in [7, 11) is 0. The molecular formula is C15H22F2N2O3. The molecule has 1 rings (SSSR count). The summed E-state index contributed by atoms with van der Waals surface area (Å²) >= 11 is 0. The second kappa shape index (κ2) is 7.93. The minimum absolute atomic E-state index is 0.00595. The smallest absolute Gasteiger partial charge is 0.387 e. The number of urea groups is 1. The number of benzene rings is 1. The lowest BCUT2D eigenvalue weighted by Crippen LogP contribution is -2.43. The second-order valence-corrected chi connectivity index (χ2v) is 5.10. The van der Waals surface area contributed by atoms with Gasteiger partial charge in [0.1, 0.15) is 5.75 Å². The zero-order valence-corrected chi connectivity index (χ0v) is 13.0. The molecule has 0 fully saturated rings. The van der Waals surface area contributed by atoms with Gasteiger partial charge in [-0.05, 0) is 31.4 Å². The summed E-state index contributed by atoms with van der Waals surface area (Å²) in [5, 5.41) is 15.2. The van der Waals surface area contributed by atoms with Crippen LogP contribution < -0.4 is 15.4 Å².